The van der Waals surface area contributed by atoms with Crippen LogP contribution in [0.3, 0.4) is 0 Å². The smallest absolute Gasteiger partial charge is 0.351 e. The van der Waals surface area contributed by atoms with Crippen LogP contribution in [0.2, 0.25) is 0 Å². The summed E-state index contributed by atoms with van der Waals surface area (Å²) in [6.45, 7) is 9.99. The van der Waals surface area contributed by atoms with Crippen molar-refractivity contribution >= 4 is 20.7 Å². The maximum Gasteiger partial charge on any atom is 0.351 e. The second-order valence-corrected chi connectivity index (χ2v) is 9.80. The lowest BCUT2D eigenvalue weighted by Crippen LogP contribution is -2.44. The van der Waals surface area contributed by atoms with Crippen molar-refractivity contribution < 1.29 is 23.2 Å². The molecule has 1 aliphatic rings. The first-order valence-corrected chi connectivity index (χ1v) is 12.5. The number of nitrogens with one attached hydrogen (secondary N) is 1. The van der Waals surface area contributed by atoms with Crippen LogP contribution in [0.4, 0.5) is 10.2 Å². The number of amides is 1. The molecule has 2 heterocycles. The lowest BCUT2D eigenvalue weighted by Gasteiger charge is -2.35. The molecule has 35 heavy (non-hydrogen) atoms. The Morgan fingerprint density at radius 2 is 1.91 bits per heavy atom. The summed E-state index contributed by atoms with van der Waals surface area (Å²) in [4.78, 5) is 29.1. The van der Waals surface area contributed by atoms with E-state index in [9.17, 15) is 9.59 Å². The number of alkyl halides is 1. The maximum absolute atomic E-state index is 15.8. The molecule has 0 bridgehead atoms. The van der Waals surface area contributed by atoms with Gasteiger partial charge in [-0.2, -0.15) is 4.98 Å². The molecule has 2 unspecified atom stereocenters. The van der Waals surface area contributed by atoms with E-state index < -0.39 is 35.9 Å². The van der Waals surface area contributed by atoms with Gasteiger partial charge in [0.1, 0.15) is 5.82 Å². The normalized spacial score (nSPS) is 24.8. The second kappa shape index (κ2) is 11.7. The number of benzene rings is 1. The number of carbonyl (C=O) groups is 1. The van der Waals surface area contributed by atoms with Gasteiger partial charge >= 0.3 is 5.69 Å². The second-order valence-electron chi connectivity index (χ2n) is 8.87. The summed E-state index contributed by atoms with van der Waals surface area (Å²) in [7, 11) is 1.32. The Morgan fingerprint density at radius 3 is 2.46 bits per heavy atom. The van der Waals surface area contributed by atoms with E-state index in [0.29, 0.717) is 12.0 Å². The summed E-state index contributed by atoms with van der Waals surface area (Å²) in [5.74, 6) is -1.72. The van der Waals surface area contributed by atoms with Gasteiger partial charge in [0.15, 0.2) is 24.3 Å². The molecule has 9 nitrogen and oxygen atoms in total. The Balaban J connectivity index is 1.81. The molecule has 192 valence electrons. The van der Waals surface area contributed by atoms with E-state index in [2.05, 4.69) is 15.0 Å². The molecule has 1 fully saturated rings. The molecule has 0 spiro atoms. The number of carbonyl (C=O) groups excluding carboxylic acids is 1. The fourth-order valence-corrected chi connectivity index (χ4v) is 5.03. The zero-order valence-corrected chi connectivity index (χ0v) is 21.9. The molecule has 0 saturated carbocycles. The molecule has 0 aliphatic carbocycles. The van der Waals surface area contributed by atoms with Crippen molar-refractivity contribution in [3.63, 3.8) is 0 Å². The molecule has 3 rings (SSSR count). The van der Waals surface area contributed by atoms with E-state index in [-0.39, 0.29) is 26.9 Å². The third-order valence-electron chi connectivity index (χ3n) is 5.93. The summed E-state index contributed by atoms with van der Waals surface area (Å²) >= 11 is 0. The zero-order chi connectivity index (χ0) is 25.8. The highest BCUT2D eigenvalue weighted by molar-refractivity contribution is 7.29. The van der Waals surface area contributed by atoms with Gasteiger partial charge in [-0.15, -0.1) is 0 Å². The van der Waals surface area contributed by atoms with E-state index >= 15 is 4.39 Å². The van der Waals surface area contributed by atoms with Crippen LogP contribution >= 0.6 is 8.96 Å². The molecule has 1 aromatic heterocycles. The van der Waals surface area contributed by atoms with Crippen molar-refractivity contribution in [1.29, 1.82) is 0 Å². The maximum atomic E-state index is 15.8. The van der Waals surface area contributed by atoms with Gasteiger partial charge in [0.2, 0.25) is 0 Å². The molecule has 1 aliphatic heterocycles. The Morgan fingerprint density at radius 1 is 1.26 bits per heavy atom. The van der Waals surface area contributed by atoms with Gasteiger partial charge in [-0.3, -0.25) is 14.0 Å². The third kappa shape index (κ3) is 5.95. The molecule has 2 aromatic rings. The molecule has 5 atom stereocenters. The highest BCUT2D eigenvalue weighted by atomic mass is 31.1. The van der Waals surface area contributed by atoms with Gasteiger partial charge in [0, 0.05) is 37.4 Å². The quantitative estimate of drug-likeness (QED) is 0.482. The minimum atomic E-state index is -1.69. The number of hydrogen-bond donors (Lipinski definition) is 1. The van der Waals surface area contributed by atoms with Crippen molar-refractivity contribution in [2.24, 2.45) is 0 Å². The highest BCUT2D eigenvalue weighted by Gasteiger charge is 2.57. The van der Waals surface area contributed by atoms with E-state index in [0.717, 1.165) is 4.57 Å². The molecular formula is C24H34FN4O5P. The Hall–Kier alpha value is -2.23. The van der Waals surface area contributed by atoms with Gasteiger partial charge < -0.3 is 19.3 Å². The Kier molecular flexibility index (Phi) is 9.12. The standard InChI is InChI=1S/C24H34FN4O5P/c1-7-24(32-6)20(34-35-29(15(2)3)16(4)5)19(25)22(33-24)28-14-13-18(27-23(28)31)26-21(30)17-11-9-8-10-12-17/h8-16,19-20,22,35H,7H2,1-6H3,(H,26,27,30,31)/t19-,20?,22+,24-/m0/s1. The van der Waals surface area contributed by atoms with Crippen molar-refractivity contribution in [1.82, 2.24) is 14.2 Å². The lowest BCUT2D eigenvalue weighted by molar-refractivity contribution is -0.250. The first-order chi connectivity index (χ1) is 16.6. The van der Waals surface area contributed by atoms with Crippen molar-refractivity contribution in [2.45, 2.75) is 77.4 Å². The van der Waals surface area contributed by atoms with Crippen LogP contribution in [0.5, 0.6) is 0 Å². The van der Waals surface area contributed by atoms with Crippen LogP contribution in [0.25, 0.3) is 0 Å². The predicted octanol–water partition coefficient (Wildman–Crippen LogP) is 4.13. The average molecular weight is 509 g/mol. The molecule has 0 radical (unpaired) electrons. The predicted molar refractivity (Wildman–Crippen MR) is 133 cm³/mol. The number of rotatable bonds is 10. The summed E-state index contributed by atoms with van der Waals surface area (Å²) in [5, 5.41) is 2.58. The minimum absolute atomic E-state index is 0.0563. The number of methoxy groups -OCH3 is 1. The van der Waals surface area contributed by atoms with E-state index in [1.165, 1.54) is 19.4 Å². The summed E-state index contributed by atoms with van der Waals surface area (Å²) in [6, 6.07) is 10.4. The van der Waals surface area contributed by atoms with Gasteiger partial charge in [-0.05, 0) is 45.9 Å². The number of aromatic nitrogens is 2. The Labute approximate surface area is 206 Å². The van der Waals surface area contributed by atoms with Crippen LogP contribution in [-0.2, 0) is 14.0 Å². The summed E-state index contributed by atoms with van der Waals surface area (Å²) < 4.78 is 36.6. The van der Waals surface area contributed by atoms with Gasteiger partial charge in [-0.1, -0.05) is 25.1 Å². The van der Waals surface area contributed by atoms with Crippen molar-refractivity contribution in [3.05, 3.63) is 58.6 Å². The van der Waals surface area contributed by atoms with Crippen LogP contribution in [-0.4, -0.2) is 57.4 Å². The van der Waals surface area contributed by atoms with Crippen molar-refractivity contribution in [3.8, 4) is 0 Å². The average Bonchev–Trinajstić information content (AvgIpc) is 3.11. The van der Waals surface area contributed by atoms with Gasteiger partial charge in [0.05, 0.1) is 8.96 Å². The molecular weight excluding hydrogens is 474 g/mol. The molecule has 11 heteroatoms. The summed E-state index contributed by atoms with van der Waals surface area (Å²) in [5.41, 5.74) is -0.342. The van der Waals surface area contributed by atoms with E-state index in [1.807, 2.05) is 34.6 Å². The van der Waals surface area contributed by atoms with Crippen LogP contribution in [0.15, 0.2) is 47.4 Å². The number of anilines is 1. The van der Waals surface area contributed by atoms with Crippen LogP contribution in [0.1, 0.15) is 57.6 Å². The number of halogens is 1. The summed E-state index contributed by atoms with van der Waals surface area (Å²) in [6.07, 6.45) is -2.37. The van der Waals surface area contributed by atoms with E-state index in [1.54, 1.807) is 30.3 Å². The third-order valence-corrected chi connectivity index (χ3v) is 7.54. The first-order valence-electron chi connectivity index (χ1n) is 11.7. The topological polar surface area (TPSA) is 94.9 Å². The highest BCUT2D eigenvalue weighted by Crippen LogP contribution is 2.46. The minimum Gasteiger partial charge on any atom is -0.351 e. The Bertz CT molecular complexity index is 1040. The molecule has 1 amide bonds. The monoisotopic (exact) mass is 508 g/mol. The fourth-order valence-electron chi connectivity index (χ4n) is 4.07. The lowest BCUT2D eigenvalue weighted by atomic mass is 10.1. The van der Waals surface area contributed by atoms with Gasteiger partial charge in [-0.25, -0.2) is 9.18 Å². The number of nitrogens with zero attached hydrogens (tertiary/aromatic N) is 3. The van der Waals surface area contributed by atoms with Crippen LogP contribution in [0, 0.1) is 0 Å². The molecule has 1 saturated heterocycles. The zero-order valence-electron chi connectivity index (χ0n) is 20.9. The number of ether oxygens (including phenoxy) is 2. The van der Waals surface area contributed by atoms with Crippen molar-refractivity contribution in [2.75, 3.05) is 12.4 Å². The fraction of sp³-hybridized carbons (Fsp3) is 0.542. The first kappa shape index (κ1) is 27.4. The SMILES string of the molecule is CC[C@]1(OC)O[C@@H](n2ccc(NC(=O)c3ccccc3)nc2=O)[C@@H](F)C1OPN(C(C)C)C(C)C. The number of hydrogen-bond acceptors (Lipinski definition) is 7. The van der Waals surface area contributed by atoms with Gasteiger partial charge in [0.25, 0.3) is 5.91 Å². The van der Waals surface area contributed by atoms with Crippen LogP contribution < -0.4 is 11.0 Å². The largest absolute Gasteiger partial charge is 0.351 e. The molecule has 1 N–H and O–H groups in total. The van der Waals surface area contributed by atoms with E-state index in [4.69, 9.17) is 14.0 Å². The molecule has 1 aromatic carbocycles.